The first-order valence-corrected chi connectivity index (χ1v) is 5.50. The van der Waals surface area contributed by atoms with Crippen LogP contribution in [-0.2, 0) is 0 Å². The molecule has 1 fully saturated rings. The highest BCUT2D eigenvalue weighted by Gasteiger charge is 2.34. The summed E-state index contributed by atoms with van der Waals surface area (Å²) in [5.74, 6) is 0. The molecule has 0 bridgehead atoms. The van der Waals surface area contributed by atoms with Crippen molar-refractivity contribution in [3.05, 3.63) is 16.8 Å². The smallest absolute Gasteiger partial charge is 0.325 e. The van der Waals surface area contributed by atoms with E-state index in [1.54, 1.807) is 11.3 Å². The first kappa shape index (κ1) is 10.3. The third-order valence-corrected chi connectivity index (χ3v) is 3.04. The highest BCUT2D eigenvalue weighted by molar-refractivity contribution is 7.09. The molecule has 3 nitrogen and oxygen atoms in total. The summed E-state index contributed by atoms with van der Waals surface area (Å²) in [6.45, 7) is 0.331. The minimum absolute atomic E-state index is 0.331. The Morgan fingerprint density at radius 3 is 2.36 bits per heavy atom. The molecule has 0 spiro atoms. The maximum Gasteiger partial charge on any atom is 0.325 e. The Morgan fingerprint density at radius 2 is 1.86 bits per heavy atom. The van der Waals surface area contributed by atoms with Crippen LogP contribution in [0.5, 0.6) is 0 Å². The van der Waals surface area contributed by atoms with Crippen LogP contribution in [0.25, 0.3) is 0 Å². The molecule has 1 saturated heterocycles. The van der Waals surface area contributed by atoms with E-state index < -0.39 is 0 Å². The van der Waals surface area contributed by atoms with Crippen LogP contribution in [0, 0.1) is 0 Å². The number of thiophene rings is 1. The minimum atomic E-state index is 0.331. The zero-order valence-electron chi connectivity index (χ0n) is 8.71. The van der Waals surface area contributed by atoms with Crippen LogP contribution in [-0.4, -0.2) is 57.4 Å². The highest BCUT2D eigenvalue weighted by atomic mass is 32.1. The molecule has 0 atom stereocenters. The van der Waals surface area contributed by atoms with Gasteiger partial charge in [0.25, 0.3) is 15.1 Å². The third kappa shape index (κ3) is 1.91. The molecule has 1 aliphatic heterocycles. The van der Waals surface area contributed by atoms with E-state index >= 15 is 0 Å². The standard InChI is InChI=1S/C7H12B3N3S/c1-11-8-12(2)10(13(3)9-11)7-4-5-14-6-7/h4-6H,1-3H3. The molecule has 2 radical (unpaired) electrons. The molecule has 0 unspecified atom stereocenters. The van der Waals surface area contributed by atoms with Crippen LogP contribution in [0.3, 0.4) is 0 Å². The van der Waals surface area contributed by atoms with Crippen molar-refractivity contribution in [2.75, 3.05) is 21.1 Å². The van der Waals surface area contributed by atoms with Crippen molar-refractivity contribution in [2.45, 2.75) is 0 Å². The number of rotatable bonds is 1. The van der Waals surface area contributed by atoms with Gasteiger partial charge in [0, 0.05) is 0 Å². The van der Waals surface area contributed by atoms with Crippen LogP contribution < -0.4 is 5.46 Å². The first-order valence-electron chi connectivity index (χ1n) is 4.56. The summed E-state index contributed by atoms with van der Waals surface area (Å²) in [5, 5.41) is 4.32. The average molecular weight is 203 g/mol. The van der Waals surface area contributed by atoms with Crippen LogP contribution in [0.4, 0.5) is 0 Å². The molecule has 0 saturated carbocycles. The summed E-state index contributed by atoms with van der Waals surface area (Å²) < 4.78 is 6.48. The van der Waals surface area contributed by atoms with Crippen molar-refractivity contribution < 1.29 is 0 Å². The van der Waals surface area contributed by atoms with Gasteiger partial charge in [-0.05, 0) is 37.4 Å². The number of nitrogens with zero attached hydrogens (tertiary/aromatic N) is 3. The van der Waals surface area contributed by atoms with E-state index in [0.29, 0.717) is 6.98 Å². The number of hydrogen-bond donors (Lipinski definition) is 0. The molecule has 0 amide bonds. The normalized spacial score (nSPS) is 20.6. The second-order valence-electron chi connectivity index (χ2n) is 3.66. The molecule has 1 aromatic heterocycles. The highest BCUT2D eigenvalue weighted by Crippen LogP contribution is 2.05. The van der Waals surface area contributed by atoms with Crippen molar-refractivity contribution in [3.8, 4) is 0 Å². The van der Waals surface area contributed by atoms with E-state index in [1.807, 2.05) is 7.05 Å². The zero-order valence-corrected chi connectivity index (χ0v) is 9.53. The number of hydrogen-bond acceptors (Lipinski definition) is 4. The lowest BCUT2D eigenvalue weighted by Crippen LogP contribution is -2.68. The summed E-state index contributed by atoms with van der Waals surface area (Å²) in [5.41, 5.74) is 1.35. The zero-order chi connectivity index (χ0) is 10.1. The molecule has 2 heterocycles. The molecular formula is C7H12B3N3S. The molecule has 0 aromatic carbocycles. The first-order chi connectivity index (χ1) is 6.68. The van der Waals surface area contributed by atoms with Gasteiger partial charge in [-0.2, -0.15) is 11.3 Å². The summed E-state index contributed by atoms with van der Waals surface area (Å²) in [7, 11) is 10.4. The van der Waals surface area contributed by atoms with Crippen LogP contribution in [0.15, 0.2) is 16.8 Å². The maximum atomic E-state index is 2.21. The fourth-order valence-corrected chi connectivity index (χ4v) is 2.58. The Kier molecular flexibility index (Phi) is 3.02. The van der Waals surface area contributed by atoms with Crippen molar-refractivity contribution in [3.63, 3.8) is 0 Å². The quantitative estimate of drug-likeness (QED) is 0.559. The monoisotopic (exact) mass is 203 g/mol. The summed E-state index contributed by atoms with van der Waals surface area (Å²) in [6.07, 6.45) is 0. The van der Waals surface area contributed by atoms with Crippen molar-refractivity contribution in [1.29, 1.82) is 0 Å². The van der Waals surface area contributed by atoms with E-state index in [2.05, 4.69) is 60.2 Å². The summed E-state index contributed by atoms with van der Waals surface area (Å²) in [6, 6.07) is 2.18. The van der Waals surface area contributed by atoms with Gasteiger partial charge in [-0.15, -0.1) is 0 Å². The second kappa shape index (κ2) is 4.10. The van der Waals surface area contributed by atoms with E-state index in [4.69, 9.17) is 0 Å². The topological polar surface area (TPSA) is 9.72 Å². The maximum absolute atomic E-state index is 2.21. The lowest BCUT2D eigenvalue weighted by molar-refractivity contribution is 0.586. The van der Waals surface area contributed by atoms with E-state index in [0.717, 1.165) is 0 Å². The SMILES string of the molecule is CN1[B]N(C)B(c2ccsc2)N(C)[B]1. The molecule has 70 valence electrons. The largest absolute Gasteiger partial charge is 0.367 e. The molecule has 0 N–H and O–H groups in total. The Morgan fingerprint density at radius 1 is 1.21 bits per heavy atom. The predicted molar refractivity (Wildman–Crippen MR) is 64.5 cm³/mol. The van der Waals surface area contributed by atoms with Gasteiger partial charge >= 0.3 is 6.98 Å². The van der Waals surface area contributed by atoms with Crippen LogP contribution in [0.2, 0.25) is 0 Å². The molecule has 0 aliphatic carbocycles. The van der Waals surface area contributed by atoms with Gasteiger partial charge < -0.3 is 14.2 Å². The summed E-state index contributed by atoms with van der Waals surface area (Å²) in [4.78, 5) is 0. The van der Waals surface area contributed by atoms with Gasteiger partial charge in [-0.25, -0.2) is 0 Å². The van der Waals surface area contributed by atoms with Gasteiger partial charge in [0.1, 0.15) is 0 Å². The Balaban J connectivity index is 2.18. The Labute approximate surface area is 91.4 Å². The fraction of sp³-hybridized carbons (Fsp3) is 0.429. The predicted octanol–water partition coefficient (Wildman–Crippen LogP) is -0.679. The minimum Gasteiger partial charge on any atom is -0.367 e. The lowest BCUT2D eigenvalue weighted by atomic mass is 9.55. The summed E-state index contributed by atoms with van der Waals surface area (Å²) >= 11 is 1.74. The van der Waals surface area contributed by atoms with E-state index in [9.17, 15) is 0 Å². The molecular weight excluding hydrogens is 191 g/mol. The average Bonchev–Trinajstić information content (AvgIpc) is 2.54. The lowest BCUT2D eigenvalue weighted by Gasteiger charge is -2.40. The molecule has 1 aliphatic rings. The van der Waals surface area contributed by atoms with Crippen molar-refractivity contribution in [2.24, 2.45) is 0 Å². The van der Waals surface area contributed by atoms with Crippen LogP contribution >= 0.6 is 11.3 Å². The van der Waals surface area contributed by atoms with Gasteiger partial charge in [0.2, 0.25) is 0 Å². The fourth-order valence-electron chi connectivity index (χ4n) is 1.91. The second-order valence-corrected chi connectivity index (χ2v) is 4.44. The van der Waals surface area contributed by atoms with Gasteiger partial charge in [0.05, 0.1) is 0 Å². The molecule has 2 rings (SSSR count). The van der Waals surface area contributed by atoms with E-state index in [-0.39, 0.29) is 0 Å². The molecule has 14 heavy (non-hydrogen) atoms. The Bertz CT molecular complexity index is 282. The van der Waals surface area contributed by atoms with Gasteiger partial charge in [-0.1, -0.05) is 6.07 Å². The molecule has 1 aromatic rings. The van der Waals surface area contributed by atoms with E-state index in [1.165, 1.54) is 5.46 Å². The van der Waals surface area contributed by atoms with Crippen molar-refractivity contribution >= 4 is 38.9 Å². The Hall–Kier alpha value is -0.225. The van der Waals surface area contributed by atoms with Crippen LogP contribution in [0.1, 0.15) is 0 Å². The third-order valence-electron chi connectivity index (χ3n) is 2.34. The molecule has 7 heteroatoms. The van der Waals surface area contributed by atoms with Gasteiger partial charge in [0.15, 0.2) is 0 Å². The van der Waals surface area contributed by atoms with Gasteiger partial charge in [-0.3, -0.25) is 0 Å². The van der Waals surface area contributed by atoms with Crippen molar-refractivity contribution in [1.82, 2.24) is 14.2 Å².